The Kier molecular flexibility index (Phi) is 6.99. The molecule has 8 nitrogen and oxygen atoms in total. The van der Waals surface area contributed by atoms with Crippen molar-refractivity contribution in [3.05, 3.63) is 48.0 Å². The molecule has 0 saturated carbocycles. The zero-order valence-electron chi connectivity index (χ0n) is 16.9. The number of aryl methyl sites for hydroxylation is 1. The quantitative estimate of drug-likeness (QED) is 0.764. The summed E-state index contributed by atoms with van der Waals surface area (Å²) in [7, 11) is 0. The van der Waals surface area contributed by atoms with E-state index in [9.17, 15) is 9.59 Å². The van der Waals surface area contributed by atoms with Gasteiger partial charge < -0.3 is 19.9 Å². The van der Waals surface area contributed by atoms with Gasteiger partial charge in [-0.25, -0.2) is 4.98 Å². The summed E-state index contributed by atoms with van der Waals surface area (Å²) in [6.07, 6.45) is 3.25. The van der Waals surface area contributed by atoms with E-state index in [4.69, 9.17) is 4.74 Å². The predicted molar refractivity (Wildman–Crippen MR) is 110 cm³/mol. The van der Waals surface area contributed by atoms with Crippen LogP contribution in [-0.2, 0) is 4.79 Å². The Bertz CT molecular complexity index is 832. The lowest BCUT2D eigenvalue weighted by atomic mass is 10.2. The molecule has 0 bridgehead atoms. The van der Waals surface area contributed by atoms with E-state index in [-0.39, 0.29) is 30.5 Å². The summed E-state index contributed by atoms with van der Waals surface area (Å²) in [4.78, 5) is 36.7. The summed E-state index contributed by atoms with van der Waals surface area (Å²) < 4.78 is 5.71. The highest BCUT2D eigenvalue weighted by Crippen LogP contribution is 2.28. The molecule has 1 aromatic heterocycles. The highest BCUT2D eigenvalue weighted by atomic mass is 16.5. The Labute approximate surface area is 170 Å². The van der Waals surface area contributed by atoms with Crippen molar-refractivity contribution in [2.75, 3.05) is 44.2 Å². The molecular weight excluding hydrogens is 370 g/mol. The number of anilines is 1. The summed E-state index contributed by atoms with van der Waals surface area (Å²) in [5.74, 6) is 0.595. The minimum atomic E-state index is -0.317. The van der Waals surface area contributed by atoms with Crippen molar-refractivity contribution in [2.45, 2.75) is 20.3 Å². The molecule has 2 heterocycles. The lowest BCUT2D eigenvalue weighted by Gasteiger charge is -2.36. The van der Waals surface area contributed by atoms with Crippen LogP contribution in [0.4, 0.5) is 5.69 Å². The third kappa shape index (κ3) is 5.43. The van der Waals surface area contributed by atoms with E-state index < -0.39 is 0 Å². The number of nitrogens with zero attached hydrogens (tertiary/aromatic N) is 4. The number of amides is 2. The van der Waals surface area contributed by atoms with Gasteiger partial charge in [-0.3, -0.25) is 14.6 Å². The van der Waals surface area contributed by atoms with Gasteiger partial charge in [0.2, 0.25) is 5.91 Å². The van der Waals surface area contributed by atoms with Gasteiger partial charge >= 0.3 is 0 Å². The maximum absolute atomic E-state index is 12.5. The zero-order valence-corrected chi connectivity index (χ0v) is 16.9. The molecule has 1 saturated heterocycles. The fourth-order valence-corrected chi connectivity index (χ4v) is 3.23. The molecule has 0 radical (unpaired) electrons. The van der Waals surface area contributed by atoms with E-state index in [1.54, 1.807) is 6.20 Å². The van der Waals surface area contributed by atoms with Gasteiger partial charge in [-0.15, -0.1) is 0 Å². The molecule has 3 rings (SSSR count). The van der Waals surface area contributed by atoms with Crippen molar-refractivity contribution in [1.29, 1.82) is 0 Å². The molecule has 2 amide bonds. The lowest BCUT2D eigenvalue weighted by molar-refractivity contribution is -0.131. The second-order valence-corrected chi connectivity index (χ2v) is 6.82. The first-order valence-corrected chi connectivity index (χ1v) is 9.90. The van der Waals surface area contributed by atoms with Gasteiger partial charge in [-0.1, -0.05) is 12.1 Å². The molecule has 154 valence electrons. The number of hydrogen-bond acceptors (Lipinski definition) is 6. The third-order valence-electron chi connectivity index (χ3n) is 4.78. The number of hydrogen-bond donors (Lipinski definition) is 1. The number of nitrogens with one attached hydrogen (secondary N) is 1. The summed E-state index contributed by atoms with van der Waals surface area (Å²) in [6.45, 7) is 7.48. The number of aromatic nitrogens is 2. The van der Waals surface area contributed by atoms with E-state index in [0.717, 1.165) is 30.2 Å². The highest BCUT2D eigenvalue weighted by molar-refractivity contribution is 5.92. The number of carbonyl (C=O) groups excluding carboxylic acids is 2. The smallest absolute Gasteiger partial charge is 0.271 e. The standard InChI is InChI=1S/C21H27N5O3/c1-3-29-19-7-5-4-6-18(19)25-10-12-26(13-11-25)20(27)8-9-22-21(28)17-15-23-16(2)14-24-17/h4-7,14-15H,3,8-13H2,1-2H3,(H,22,28). The summed E-state index contributed by atoms with van der Waals surface area (Å²) in [5, 5.41) is 2.73. The first-order valence-electron chi connectivity index (χ1n) is 9.90. The van der Waals surface area contributed by atoms with Crippen molar-refractivity contribution in [3.8, 4) is 5.75 Å². The molecule has 0 unspecified atom stereocenters. The normalized spacial score (nSPS) is 13.9. The van der Waals surface area contributed by atoms with E-state index >= 15 is 0 Å². The Morgan fingerprint density at radius 2 is 1.86 bits per heavy atom. The molecule has 1 fully saturated rings. The van der Waals surface area contributed by atoms with Crippen molar-refractivity contribution < 1.29 is 14.3 Å². The van der Waals surface area contributed by atoms with Crippen molar-refractivity contribution in [2.24, 2.45) is 0 Å². The van der Waals surface area contributed by atoms with Crippen LogP contribution < -0.4 is 15.0 Å². The monoisotopic (exact) mass is 397 g/mol. The van der Waals surface area contributed by atoms with Crippen molar-refractivity contribution >= 4 is 17.5 Å². The Morgan fingerprint density at radius 3 is 2.55 bits per heavy atom. The van der Waals surface area contributed by atoms with Crippen LogP contribution >= 0.6 is 0 Å². The summed E-state index contributed by atoms with van der Waals surface area (Å²) in [6, 6.07) is 7.98. The second-order valence-electron chi connectivity index (χ2n) is 6.82. The largest absolute Gasteiger partial charge is 0.492 e. The molecule has 29 heavy (non-hydrogen) atoms. The average Bonchev–Trinajstić information content (AvgIpc) is 2.75. The fraction of sp³-hybridized carbons (Fsp3) is 0.429. The van der Waals surface area contributed by atoms with Gasteiger partial charge in [0, 0.05) is 45.3 Å². The van der Waals surface area contributed by atoms with Crippen LogP contribution in [0, 0.1) is 6.92 Å². The van der Waals surface area contributed by atoms with Crippen molar-refractivity contribution in [1.82, 2.24) is 20.2 Å². The average molecular weight is 397 g/mol. The molecule has 1 aliphatic rings. The Hall–Kier alpha value is -3.16. The van der Waals surface area contributed by atoms with Crippen molar-refractivity contribution in [3.63, 3.8) is 0 Å². The Balaban J connectivity index is 1.44. The van der Waals surface area contributed by atoms with Gasteiger partial charge in [0.25, 0.3) is 5.91 Å². The van der Waals surface area contributed by atoms with Crippen LogP contribution in [-0.4, -0.2) is 66.0 Å². The first-order chi connectivity index (χ1) is 14.1. The molecule has 1 N–H and O–H groups in total. The number of para-hydroxylation sites is 2. The molecule has 1 aromatic carbocycles. The fourth-order valence-electron chi connectivity index (χ4n) is 3.23. The van der Waals surface area contributed by atoms with Crippen LogP contribution in [0.1, 0.15) is 29.5 Å². The minimum absolute atomic E-state index is 0.0398. The van der Waals surface area contributed by atoms with E-state index in [0.29, 0.717) is 19.7 Å². The van der Waals surface area contributed by atoms with Crippen LogP contribution in [0.2, 0.25) is 0 Å². The van der Waals surface area contributed by atoms with Gasteiger partial charge in [-0.05, 0) is 26.0 Å². The first kappa shape index (κ1) is 20.6. The van der Waals surface area contributed by atoms with E-state index in [2.05, 4.69) is 20.2 Å². The number of ether oxygens (including phenoxy) is 1. The zero-order chi connectivity index (χ0) is 20.6. The van der Waals surface area contributed by atoms with Crippen LogP contribution in [0.5, 0.6) is 5.75 Å². The van der Waals surface area contributed by atoms with Crippen LogP contribution in [0.15, 0.2) is 36.7 Å². The molecule has 0 atom stereocenters. The third-order valence-corrected chi connectivity index (χ3v) is 4.78. The Morgan fingerprint density at radius 1 is 1.10 bits per heavy atom. The number of carbonyl (C=O) groups is 2. The molecule has 1 aliphatic heterocycles. The molecule has 0 aliphatic carbocycles. The molecule has 0 spiro atoms. The van der Waals surface area contributed by atoms with E-state index in [1.807, 2.05) is 43.0 Å². The van der Waals surface area contributed by atoms with Gasteiger partial charge in [-0.2, -0.15) is 0 Å². The van der Waals surface area contributed by atoms with Gasteiger partial charge in [0.05, 0.1) is 24.2 Å². The highest BCUT2D eigenvalue weighted by Gasteiger charge is 2.22. The maximum atomic E-state index is 12.5. The second kappa shape index (κ2) is 9.86. The number of piperazine rings is 1. The molecule has 2 aromatic rings. The lowest BCUT2D eigenvalue weighted by Crippen LogP contribution is -2.49. The summed E-state index contributed by atoms with van der Waals surface area (Å²) >= 11 is 0. The number of benzene rings is 1. The summed E-state index contributed by atoms with van der Waals surface area (Å²) in [5.41, 5.74) is 2.07. The SMILES string of the molecule is CCOc1ccccc1N1CCN(C(=O)CCNC(=O)c2cnc(C)cn2)CC1. The minimum Gasteiger partial charge on any atom is -0.492 e. The van der Waals surface area contributed by atoms with Gasteiger partial charge in [0.15, 0.2) is 0 Å². The number of rotatable bonds is 7. The molecule has 8 heteroatoms. The topological polar surface area (TPSA) is 87.7 Å². The van der Waals surface area contributed by atoms with Crippen LogP contribution in [0.25, 0.3) is 0 Å². The van der Waals surface area contributed by atoms with Crippen LogP contribution in [0.3, 0.4) is 0 Å². The van der Waals surface area contributed by atoms with E-state index in [1.165, 1.54) is 6.20 Å². The maximum Gasteiger partial charge on any atom is 0.271 e. The predicted octanol–water partition coefficient (Wildman–Crippen LogP) is 1.65. The molecular formula is C21H27N5O3. The van der Waals surface area contributed by atoms with Gasteiger partial charge in [0.1, 0.15) is 11.4 Å².